The highest BCUT2D eigenvalue weighted by atomic mass is 35.5. The molecule has 0 saturated carbocycles. The average Bonchev–Trinajstić information content (AvgIpc) is 2.80. The molecule has 20 heavy (non-hydrogen) atoms. The first kappa shape index (κ1) is 13.5. The third-order valence-electron chi connectivity index (χ3n) is 3.15. The highest BCUT2D eigenvalue weighted by Crippen LogP contribution is 2.28. The zero-order chi connectivity index (χ0) is 14.1. The van der Waals surface area contributed by atoms with Gasteiger partial charge in [0, 0.05) is 12.0 Å². The fourth-order valence-corrected chi connectivity index (χ4v) is 3.60. The summed E-state index contributed by atoms with van der Waals surface area (Å²) in [5.74, 6) is 0.299. The van der Waals surface area contributed by atoms with Gasteiger partial charge in [-0.3, -0.25) is 0 Å². The van der Waals surface area contributed by atoms with Gasteiger partial charge < -0.3 is 0 Å². The summed E-state index contributed by atoms with van der Waals surface area (Å²) in [4.78, 5) is 13.1. The second kappa shape index (κ2) is 5.46. The molecule has 0 atom stereocenters. The van der Waals surface area contributed by atoms with Crippen molar-refractivity contribution in [2.45, 2.75) is 26.2 Å². The molecule has 2 heterocycles. The van der Waals surface area contributed by atoms with Gasteiger partial charge in [0.05, 0.1) is 20.9 Å². The summed E-state index contributed by atoms with van der Waals surface area (Å²) < 4.78 is 1.20. The first-order chi connectivity index (χ1) is 9.65. The quantitative estimate of drug-likeness (QED) is 0.671. The van der Waals surface area contributed by atoms with Crippen LogP contribution in [0.3, 0.4) is 0 Å². The summed E-state index contributed by atoms with van der Waals surface area (Å²) in [6.45, 7) is 4.21. The molecule has 3 rings (SSSR count). The number of fused-ring (bicyclic) bond motifs is 1. The molecule has 1 aromatic carbocycles. The lowest BCUT2D eigenvalue weighted by Crippen LogP contribution is -2.03. The van der Waals surface area contributed by atoms with Gasteiger partial charge in [-0.25, -0.2) is 15.0 Å². The molecule has 0 saturated heterocycles. The van der Waals surface area contributed by atoms with Crippen LogP contribution in [-0.4, -0.2) is 15.0 Å². The number of hydrogen-bond acceptors (Lipinski definition) is 4. The number of thiazole rings is 1. The van der Waals surface area contributed by atoms with Gasteiger partial charge in [-0.15, -0.1) is 11.3 Å². The Morgan fingerprint density at radius 1 is 1.20 bits per heavy atom. The molecule has 102 valence electrons. The standard InChI is InChI=1S/C15H14ClN3S/c1-9(2)14-11(17-8-18-15(14)16)7-13-19-10-5-3-4-6-12(10)20-13/h3-6,8-9H,7H2,1-2H3. The minimum absolute atomic E-state index is 0.299. The minimum atomic E-state index is 0.299. The van der Waals surface area contributed by atoms with E-state index in [0.717, 1.165) is 21.8 Å². The van der Waals surface area contributed by atoms with Crippen LogP contribution in [0.4, 0.5) is 0 Å². The zero-order valence-electron chi connectivity index (χ0n) is 11.3. The Labute approximate surface area is 126 Å². The Morgan fingerprint density at radius 3 is 2.75 bits per heavy atom. The van der Waals surface area contributed by atoms with Crippen molar-refractivity contribution in [2.24, 2.45) is 0 Å². The van der Waals surface area contributed by atoms with Gasteiger partial charge in [0.25, 0.3) is 0 Å². The predicted octanol–water partition coefficient (Wildman–Crippen LogP) is 4.45. The van der Waals surface area contributed by atoms with Gasteiger partial charge >= 0.3 is 0 Å². The van der Waals surface area contributed by atoms with Crippen LogP contribution >= 0.6 is 22.9 Å². The third kappa shape index (κ3) is 2.53. The average molecular weight is 304 g/mol. The number of nitrogens with zero attached hydrogens (tertiary/aromatic N) is 3. The van der Waals surface area contributed by atoms with E-state index < -0.39 is 0 Å². The van der Waals surface area contributed by atoms with E-state index in [4.69, 9.17) is 11.6 Å². The molecule has 0 aliphatic heterocycles. The Bertz CT molecular complexity index is 719. The fraction of sp³-hybridized carbons (Fsp3) is 0.267. The van der Waals surface area contributed by atoms with E-state index in [0.29, 0.717) is 17.5 Å². The second-order valence-electron chi connectivity index (χ2n) is 4.93. The van der Waals surface area contributed by atoms with E-state index in [1.807, 2.05) is 18.2 Å². The molecule has 5 heteroatoms. The van der Waals surface area contributed by atoms with Gasteiger partial charge in [-0.1, -0.05) is 37.6 Å². The lowest BCUT2D eigenvalue weighted by molar-refractivity contribution is 0.815. The molecule has 0 radical (unpaired) electrons. The molecule has 0 N–H and O–H groups in total. The predicted molar refractivity (Wildman–Crippen MR) is 83.6 cm³/mol. The van der Waals surface area contributed by atoms with E-state index in [1.54, 1.807) is 11.3 Å². The Balaban J connectivity index is 2.00. The van der Waals surface area contributed by atoms with Gasteiger partial charge in [0.15, 0.2) is 0 Å². The van der Waals surface area contributed by atoms with Crippen LogP contribution in [0.5, 0.6) is 0 Å². The number of para-hydroxylation sites is 1. The smallest absolute Gasteiger partial charge is 0.136 e. The van der Waals surface area contributed by atoms with Gasteiger partial charge in [0.2, 0.25) is 0 Å². The van der Waals surface area contributed by atoms with Crippen LogP contribution in [0.1, 0.15) is 36.0 Å². The van der Waals surface area contributed by atoms with Crippen LogP contribution in [0.2, 0.25) is 5.15 Å². The van der Waals surface area contributed by atoms with Crippen LogP contribution < -0.4 is 0 Å². The summed E-state index contributed by atoms with van der Waals surface area (Å²) in [5.41, 5.74) is 3.03. The van der Waals surface area contributed by atoms with Gasteiger partial charge in [0.1, 0.15) is 11.5 Å². The highest BCUT2D eigenvalue weighted by molar-refractivity contribution is 7.18. The molecule has 0 aliphatic rings. The maximum absolute atomic E-state index is 6.20. The van der Waals surface area contributed by atoms with Crippen molar-refractivity contribution in [3.8, 4) is 0 Å². The summed E-state index contributed by atoms with van der Waals surface area (Å²) in [6, 6.07) is 8.16. The van der Waals surface area contributed by atoms with Crippen LogP contribution in [0.25, 0.3) is 10.2 Å². The molecule has 0 spiro atoms. The van der Waals surface area contributed by atoms with E-state index in [9.17, 15) is 0 Å². The zero-order valence-corrected chi connectivity index (χ0v) is 12.9. The van der Waals surface area contributed by atoms with Crippen molar-refractivity contribution >= 4 is 33.2 Å². The normalized spacial score (nSPS) is 11.4. The molecular formula is C15H14ClN3S. The van der Waals surface area contributed by atoms with Crippen LogP contribution in [-0.2, 0) is 6.42 Å². The van der Waals surface area contributed by atoms with Crippen molar-refractivity contribution in [1.29, 1.82) is 0 Å². The first-order valence-electron chi connectivity index (χ1n) is 6.49. The van der Waals surface area contributed by atoms with E-state index in [1.165, 1.54) is 11.0 Å². The number of benzene rings is 1. The van der Waals surface area contributed by atoms with Crippen LogP contribution in [0, 0.1) is 0 Å². The Morgan fingerprint density at radius 2 is 2.00 bits per heavy atom. The Hall–Kier alpha value is -1.52. The number of aromatic nitrogens is 3. The maximum Gasteiger partial charge on any atom is 0.136 e. The lowest BCUT2D eigenvalue weighted by atomic mass is 10.0. The van der Waals surface area contributed by atoms with Gasteiger partial charge in [-0.05, 0) is 18.1 Å². The molecule has 3 nitrogen and oxygen atoms in total. The number of hydrogen-bond donors (Lipinski definition) is 0. The number of rotatable bonds is 3. The van der Waals surface area contributed by atoms with Gasteiger partial charge in [-0.2, -0.15) is 0 Å². The molecule has 0 bridgehead atoms. The molecule has 0 unspecified atom stereocenters. The fourth-order valence-electron chi connectivity index (χ4n) is 2.26. The van der Waals surface area contributed by atoms with Crippen molar-refractivity contribution in [2.75, 3.05) is 0 Å². The molecule has 2 aromatic heterocycles. The summed E-state index contributed by atoms with van der Waals surface area (Å²) in [6.07, 6.45) is 2.23. The molecule has 0 fully saturated rings. The third-order valence-corrected chi connectivity index (χ3v) is 4.49. The maximum atomic E-state index is 6.20. The molecule has 0 amide bonds. The van der Waals surface area contributed by atoms with E-state index in [-0.39, 0.29) is 0 Å². The van der Waals surface area contributed by atoms with E-state index >= 15 is 0 Å². The van der Waals surface area contributed by atoms with Crippen molar-refractivity contribution < 1.29 is 0 Å². The second-order valence-corrected chi connectivity index (χ2v) is 6.40. The summed E-state index contributed by atoms with van der Waals surface area (Å²) in [7, 11) is 0. The molecule has 0 aliphatic carbocycles. The SMILES string of the molecule is CC(C)c1c(Cl)ncnc1Cc1nc2ccccc2s1. The topological polar surface area (TPSA) is 38.7 Å². The lowest BCUT2D eigenvalue weighted by Gasteiger charge is -2.11. The molecular weight excluding hydrogens is 290 g/mol. The monoisotopic (exact) mass is 303 g/mol. The number of halogens is 1. The van der Waals surface area contributed by atoms with Crippen molar-refractivity contribution in [1.82, 2.24) is 15.0 Å². The van der Waals surface area contributed by atoms with Crippen molar-refractivity contribution in [3.63, 3.8) is 0 Å². The van der Waals surface area contributed by atoms with Crippen molar-refractivity contribution in [3.05, 3.63) is 52.0 Å². The van der Waals surface area contributed by atoms with Crippen LogP contribution in [0.15, 0.2) is 30.6 Å². The van der Waals surface area contributed by atoms with E-state index in [2.05, 4.69) is 34.9 Å². The Kier molecular flexibility index (Phi) is 3.68. The highest BCUT2D eigenvalue weighted by Gasteiger charge is 2.15. The molecule has 3 aromatic rings. The first-order valence-corrected chi connectivity index (χ1v) is 7.68. The summed E-state index contributed by atoms with van der Waals surface area (Å²) >= 11 is 7.90. The largest absolute Gasteiger partial charge is 0.241 e. The minimum Gasteiger partial charge on any atom is -0.241 e. The summed E-state index contributed by atoms with van der Waals surface area (Å²) in [5, 5.41) is 1.61.